The maximum Gasteiger partial charge on any atom is 0.145 e. The Kier molecular flexibility index (Phi) is 8.46. The van der Waals surface area contributed by atoms with E-state index < -0.39 is 5.97 Å². The fourth-order valence-electron chi connectivity index (χ4n) is 2.05. The van der Waals surface area contributed by atoms with E-state index in [1.165, 1.54) is 12.8 Å². The molecule has 106 valence electrons. The topological polar surface area (TPSA) is 60.4 Å². The molecule has 0 aliphatic carbocycles. The zero-order chi connectivity index (χ0) is 14.0. The molecule has 0 rings (SSSR count). The van der Waals surface area contributed by atoms with E-state index in [2.05, 4.69) is 6.92 Å². The van der Waals surface area contributed by atoms with Gasteiger partial charge in [-0.25, -0.2) is 0 Å². The number of carbonyl (C=O) groups excluding carboxylic acids is 1. The number of carboxylic acids is 1. The number of aliphatic carboxylic acids is 1. The molecule has 0 fully saturated rings. The van der Waals surface area contributed by atoms with Crippen molar-refractivity contribution in [3.05, 3.63) is 12.0 Å². The molecule has 0 saturated heterocycles. The molecular formula is C14H27NO3. The number of carbonyl (C=O) groups is 1. The van der Waals surface area contributed by atoms with Gasteiger partial charge in [0.15, 0.2) is 0 Å². The van der Waals surface area contributed by atoms with E-state index in [-0.39, 0.29) is 11.0 Å². The first kappa shape index (κ1) is 17.0. The Labute approximate surface area is 111 Å². The van der Waals surface area contributed by atoms with Crippen LogP contribution in [0.1, 0.15) is 52.9 Å². The molecule has 18 heavy (non-hydrogen) atoms. The number of likely N-dealkylation sites (N-methyl/N-ethyl adjacent to an activating group) is 1. The van der Waals surface area contributed by atoms with E-state index in [9.17, 15) is 15.0 Å². The van der Waals surface area contributed by atoms with E-state index in [0.717, 1.165) is 12.8 Å². The summed E-state index contributed by atoms with van der Waals surface area (Å²) in [7, 11) is 0. The fraction of sp³-hybridized carbons (Fsp3) is 0.786. The predicted molar refractivity (Wildman–Crippen MR) is 70.7 cm³/mol. The highest BCUT2D eigenvalue weighted by Crippen LogP contribution is 2.14. The lowest BCUT2D eigenvalue weighted by Gasteiger charge is -2.33. The van der Waals surface area contributed by atoms with Gasteiger partial charge in [-0.15, -0.1) is 0 Å². The minimum atomic E-state index is -1.08. The van der Waals surface area contributed by atoms with Crippen molar-refractivity contribution in [2.75, 3.05) is 19.6 Å². The SMILES string of the molecule is CCCCCC/C(O)=C/[N+](CC)(CC)CC(=O)[O-]. The molecule has 0 radical (unpaired) electrons. The Morgan fingerprint density at radius 3 is 2.22 bits per heavy atom. The van der Waals surface area contributed by atoms with Gasteiger partial charge in [0.25, 0.3) is 0 Å². The zero-order valence-electron chi connectivity index (χ0n) is 11.9. The molecule has 0 bridgehead atoms. The number of hydrogen-bond acceptors (Lipinski definition) is 3. The Balaban J connectivity index is 4.47. The Morgan fingerprint density at radius 2 is 1.78 bits per heavy atom. The van der Waals surface area contributed by atoms with Crippen molar-refractivity contribution in [2.24, 2.45) is 0 Å². The Morgan fingerprint density at radius 1 is 1.17 bits per heavy atom. The van der Waals surface area contributed by atoms with Crippen molar-refractivity contribution >= 4 is 5.97 Å². The van der Waals surface area contributed by atoms with Gasteiger partial charge >= 0.3 is 0 Å². The van der Waals surface area contributed by atoms with Crippen LogP contribution < -0.4 is 5.11 Å². The first-order valence-corrected chi connectivity index (χ1v) is 6.96. The monoisotopic (exact) mass is 257 g/mol. The second kappa shape index (κ2) is 8.97. The smallest absolute Gasteiger partial charge is 0.145 e. The van der Waals surface area contributed by atoms with Gasteiger partial charge in [-0.3, -0.25) is 4.48 Å². The summed E-state index contributed by atoms with van der Waals surface area (Å²) in [4.78, 5) is 10.8. The number of carboxylic acid groups (broad SMARTS) is 1. The highest BCUT2D eigenvalue weighted by atomic mass is 16.4. The molecule has 0 atom stereocenters. The molecule has 4 nitrogen and oxygen atoms in total. The second-order valence-corrected chi connectivity index (χ2v) is 4.81. The lowest BCUT2D eigenvalue weighted by Crippen LogP contribution is -2.50. The van der Waals surface area contributed by atoms with E-state index in [1.807, 2.05) is 13.8 Å². The lowest BCUT2D eigenvalue weighted by atomic mass is 10.1. The van der Waals surface area contributed by atoms with Crippen LogP contribution in [0.2, 0.25) is 0 Å². The van der Waals surface area contributed by atoms with Crippen molar-refractivity contribution in [2.45, 2.75) is 52.9 Å². The van der Waals surface area contributed by atoms with E-state index in [4.69, 9.17) is 0 Å². The van der Waals surface area contributed by atoms with Crippen molar-refractivity contribution < 1.29 is 19.5 Å². The van der Waals surface area contributed by atoms with E-state index >= 15 is 0 Å². The molecule has 0 amide bonds. The Hall–Kier alpha value is -1.03. The summed E-state index contributed by atoms with van der Waals surface area (Å²) in [6.45, 7) is 7.20. The largest absolute Gasteiger partial charge is 0.544 e. The zero-order valence-corrected chi connectivity index (χ0v) is 11.9. The van der Waals surface area contributed by atoms with Gasteiger partial charge in [0.05, 0.1) is 19.1 Å². The number of rotatable bonds is 10. The summed E-state index contributed by atoms with van der Waals surface area (Å²) in [5.41, 5.74) is 0. The molecule has 0 saturated carbocycles. The first-order valence-electron chi connectivity index (χ1n) is 6.96. The number of aliphatic hydroxyl groups is 1. The van der Waals surface area contributed by atoms with E-state index in [0.29, 0.717) is 25.3 Å². The van der Waals surface area contributed by atoms with Crippen molar-refractivity contribution in [3.63, 3.8) is 0 Å². The Bertz CT molecular complexity index is 270. The molecule has 0 aromatic carbocycles. The summed E-state index contributed by atoms with van der Waals surface area (Å²) in [5, 5.41) is 20.7. The van der Waals surface area contributed by atoms with Crippen molar-refractivity contribution in [3.8, 4) is 0 Å². The van der Waals surface area contributed by atoms with E-state index in [1.54, 1.807) is 6.20 Å². The van der Waals surface area contributed by atoms with Crippen LogP contribution in [-0.2, 0) is 4.79 Å². The molecule has 0 aromatic rings. The minimum absolute atomic E-state index is 0.0774. The third kappa shape index (κ3) is 6.64. The van der Waals surface area contributed by atoms with Gasteiger partial charge in [-0.2, -0.15) is 0 Å². The average Bonchev–Trinajstić information content (AvgIpc) is 2.33. The standard InChI is InChI=1S/C14H27NO3/c1-4-7-8-9-10-13(16)11-15(5-2,6-3)12-14(17)18/h11H,4-10,12H2,1-3H3,(H-,16,17,18)/b13-11-. The molecule has 0 aromatic heterocycles. The number of hydrogen-bond donors (Lipinski definition) is 1. The minimum Gasteiger partial charge on any atom is -0.544 e. The van der Waals surface area contributed by atoms with Crippen LogP contribution in [0.15, 0.2) is 12.0 Å². The molecule has 0 heterocycles. The number of aliphatic hydroxyl groups excluding tert-OH is 1. The number of nitrogens with zero attached hydrogens (tertiary/aromatic N) is 1. The maximum atomic E-state index is 10.8. The summed E-state index contributed by atoms with van der Waals surface area (Å²) >= 11 is 0. The molecule has 4 heteroatoms. The highest BCUT2D eigenvalue weighted by molar-refractivity contribution is 5.65. The van der Waals surface area contributed by atoms with Gasteiger partial charge in [0.1, 0.15) is 18.5 Å². The predicted octanol–water partition coefficient (Wildman–Crippen LogP) is 1.96. The lowest BCUT2D eigenvalue weighted by molar-refractivity contribution is -0.871. The van der Waals surface area contributed by atoms with Crippen LogP contribution in [-0.4, -0.2) is 35.2 Å². The number of quaternary nitrogens is 1. The summed E-state index contributed by atoms with van der Waals surface area (Å²) in [6, 6.07) is 0. The van der Waals surface area contributed by atoms with Crippen LogP contribution >= 0.6 is 0 Å². The van der Waals surface area contributed by atoms with Gasteiger partial charge in [0, 0.05) is 6.42 Å². The quantitative estimate of drug-likeness (QED) is 0.370. The van der Waals surface area contributed by atoms with Crippen LogP contribution in [0.25, 0.3) is 0 Å². The van der Waals surface area contributed by atoms with Gasteiger partial charge in [-0.05, 0) is 20.3 Å². The first-order chi connectivity index (χ1) is 8.49. The third-order valence-corrected chi connectivity index (χ3v) is 3.41. The fourth-order valence-corrected chi connectivity index (χ4v) is 2.05. The van der Waals surface area contributed by atoms with Gasteiger partial charge in [-0.1, -0.05) is 26.2 Å². The van der Waals surface area contributed by atoms with Crippen LogP contribution in [0.5, 0.6) is 0 Å². The van der Waals surface area contributed by atoms with Crippen molar-refractivity contribution in [1.29, 1.82) is 0 Å². The van der Waals surface area contributed by atoms with Crippen LogP contribution in [0.3, 0.4) is 0 Å². The molecule has 0 spiro atoms. The van der Waals surface area contributed by atoms with Crippen LogP contribution in [0, 0.1) is 0 Å². The maximum absolute atomic E-state index is 10.8. The summed E-state index contributed by atoms with van der Waals surface area (Å²) in [6.07, 6.45) is 6.71. The highest BCUT2D eigenvalue weighted by Gasteiger charge is 2.22. The van der Waals surface area contributed by atoms with Gasteiger partial charge < -0.3 is 15.0 Å². The normalized spacial score (nSPS) is 12.7. The third-order valence-electron chi connectivity index (χ3n) is 3.41. The number of unbranched alkanes of at least 4 members (excludes halogenated alkanes) is 3. The summed E-state index contributed by atoms with van der Waals surface area (Å²) in [5.74, 6) is -0.773. The van der Waals surface area contributed by atoms with Gasteiger partial charge in [0.2, 0.25) is 0 Å². The second-order valence-electron chi connectivity index (χ2n) is 4.81. The van der Waals surface area contributed by atoms with Crippen molar-refractivity contribution in [1.82, 2.24) is 0 Å². The molecule has 1 N–H and O–H groups in total. The van der Waals surface area contributed by atoms with Crippen LogP contribution in [0.4, 0.5) is 0 Å². The average molecular weight is 257 g/mol. The number of allylic oxidation sites excluding steroid dienone is 1. The molecule has 0 aliphatic rings. The molecule has 0 aliphatic heterocycles. The molecular weight excluding hydrogens is 230 g/mol. The summed E-state index contributed by atoms with van der Waals surface area (Å²) < 4.78 is 0.252. The molecule has 0 unspecified atom stereocenters.